The number of aliphatic hydroxyl groups is 1. The van der Waals surface area contributed by atoms with Crippen molar-refractivity contribution in [3.05, 3.63) is 47.5 Å². The van der Waals surface area contributed by atoms with Crippen LogP contribution in [0.5, 0.6) is 0 Å². The first-order chi connectivity index (χ1) is 6.25. The van der Waals surface area contributed by atoms with Crippen LogP contribution >= 0.6 is 0 Å². The third-order valence-electron chi connectivity index (χ3n) is 2.14. The molecule has 1 nitrogen and oxygen atoms in total. The Hall–Kier alpha value is -1.08. The minimum absolute atomic E-state index is 0.364. The van der Waals surface area contributed by atoms with Gasteiger partial charge in [0.05, 0.1) is 6.10 Å². The smallest absolute Gasteiger partial charge is 0.0827 e. The maximum absolute atomic E-state index is 9.78. The molecular weight excluding hydrogens is 160 g/mol. The summed E-state index contributed by atoms with van der Waals surface area (Å²) in [7, 11) is 0. The molecule has 0 saturated carbocycles. The van der Waals surface area contributed by atoms with Crippen LogP contribution in [0, 0.1) is 6.92 Å². The number of aliphatic hydroxyl groups excluding tert-OH is 1. The zero-order chi connectivity index (χ0) is 9.68. The first-order valence-electron chi connectivity index (χ1n) is 4.60. The predicted octanol–water partition coefficient (Wildman–Crippen LogP) is 2.99. The highest BCUT2D eigenvalue weighted by atomic mass is 16.3. The van der Waals surface area contributed by atoms with E-state index in [0.717, 1.165) is 11.1 Å². The van der Waals surface area contributed by atoms with Gasteiger partial charge in [0, 0.05) is 0 Å². The van der Waals surface area contributed by atoms with Crippen molar-refractivity contribution < 1.29 is 5.11 Å². The average molecular weight is 176 g/mol. The largest absolute Gasteiger partial charge is 0.388 e. The molecule has 70 valence electrons. The Morgan fingerprint density at radius 3 is 2.69 bits per heavy atom. The summed E-state index contributed by atoms with van der Waals surface area (Å²) in [5, 5.41) is 9.78. The lowest BCUT2D eigenvalue weighted by Gasteiger charge is -2.10. The van der Waals surface area contributed by atoms with Crippen LogP contribution in [0.25, 0.3) is 0 Å². The van der Waals surface area contributed by atoms with Crippen molar-refractivity contribution >= 4 is 0 Å². The van der Waals surface area contributed by atoms with E-state index in [1.807, 2.05) is 50.3 Å². The fraction of sp³-hybridized carbons (Fsp3) is 0.333. The van der Waals surface area contributed by atoms with Gasteiger partial charge in [0.25, 0.3) is 0 Å². The van der Waals surface area contributed by atoms with Crippen LogP contribution in [-0.2, 0) is 0 Å². The Balaban J connectivity index is 2.76. The molecule has 0 aliphatic carbocycles. The molecule has 13 heavy (non-hydrogen) atoms. The topological polar surface area (TPSA) is 20.2 Å². The molecule has 0 radical (unpaired) electrons. The second kappa shape index (κ2) is 4.83. The summed E-state index contributed by atoms with van der Waals surface area (Å²) in [4.78, 5) is 0. The molecule has 0 aliphatic heterocycles. The van der Waals surface area contributed by atoms with Crippen molar-refractivity contribution in [2.45, 2.75) is 26.4 Å². The Labute approximate surface area is 79.7 Å². The van der Waals surface area contributed by atoms with Crippen LogP contribution < -0.4 is 0 Å². The van der Waals surface area contributed by atoms with E-state index in [0.29, 0.717) is 6.42 Å². The number of benzene rings is 1. The van der Waals surface area contributed by atoms with Crippen LogP contribution in [0.2, 0.25) is 0 Å². The van der Waals surface area contributed by atoms with Crippen molar-refractivity contribution in [2.75, 3.05) is 0 Å². The maximum Gasteiger partial charge on any atom is 0.0827 e. The van der Waals surface area contributed by atoms with E-state index in [1.165, 1.54) is 0 Å². The van der Waals surface area contributed by atoms with Crippen molar-refractivity contribution in [2.24, 2.45) is 0 Å². The van der Waals surface area contributed by atoms with Gasteiger partial charge in [-0.05, 0) is 31.4 Å². The highest BCUT2D eigenvalue weighted by molar-refractivity contribution is 5.27. The number of hydrogen-bond donors (Lipinski definition) is 1. The standard InChI is InChI=1S/C12H16O/c1-3-4-9-12(13)11-8-6-5-7-10(11)2/h3-8,12-13H,9H2,1-2H3. The highest BCUT2D eigenvalue weighted by Crippen LogP contribution is 2.20. The van der Waals surface area contributed by atoms with E-state index >= 15 is 0 Å². The van der Waals surface area contributed by atoms with E-state index in [1.54, 1.807) is 0 Å². The Bertz CT molecular complexity index is 289. The molecule has 0 heterocycles. The molecule has 0 aliphatic rings. The second-order valence-corrected chi connectivity index (χ2v) is 3.18. The van der Waals surface area contributed by atoms with E-state index in [-0.39, 0.29) is 6.10 Å². The Morgan fingerprint density at radius 2 is 2.08 bits per heavy atom. The van der Waals surface area contributed by atoms with Gasteiger partial charge in [-0.25, -0.2) is 0 Å². The van der Waals surface area contributed by atoms with Gasteiger partial charge >= 0.3 is 0 Å². The first kappa shape index (κ1) is 10.0. The molecule has 0 amide bonds. The number of aryl methyl sites for hydroxylation is 1. The third kappa shape index (κ3) is 2.71. The van der Waals surface area contributed by atoms with E-state index in [2.05, 4.69) is 0 Å². The second-order valence-electron chi connectivity index (χ2n) is 3.18. The van der Waals surface area contributed by atoms with Crippen molar-refractivity contribution in [3.63, 3.8) is 0 Å². The zero-order valence-corrected chi connectivity index (χ0v) is 8.20. The fourth-order valence-electron chi connectivity index (χ4n) is 1.35. The summed E-state index contributed by atoms with van der Waals surface area (Å²) < 4.78 is 0. The monoisotopic (exact) mass is 176 g/mol. The van der Waals surface area contributed by atoms with Crippen LogP contribution in [-0.4, -0.2) is 5.11 Å². The van der Waals surface area contributed by atoms with Gasteiger partial charge in [0.1, 0.15) is 0 Å². The number of allylic oxidation sites excluding steroid dienone is 1. The summed E-state index contributed by atoms with van der Waals surface area (Å²) in [6, 6.07) is 7.94. The molecule has 1 N–H and O–H groups in total. The molecule has 0 saturated heterocycles. The van der Waals surface area contributed by atoms with Gasteiger partial charge in [0.15, 0.2) is 0 Å². The van der Waals surface area contributed by atoms with E-state index < -0.39 is 0 Å². The SMILES string of the molecule is CC=CCC(O)c1ccccc1C. The lowest BCUT2D eigenvalue weighted by Crippen LogP contribution is -1.97. The summed E-state index contributed by atoms with van der Waals surface area (Å²) >= 11 is 0. The lowest BCUT2D eigenvalue weighted by molar-refractivity contribution is 0.181. The van der Waals surface area contributed by atoms with E-state index in [9.17, 15) is 5.11 Å². The minimum atomic E-state index is -0.364. The van der Waals surface area contributed by atoms with Gasteiger partial charge in [-0.3, -0.25) is 0 Å². The minimum Gasteiger partial charge on any atom is -0.388 e. The van der Waals surface area contributed by atoms with Crippen LogP contribution in [0.1, 0.15) is 30.6 Å². The van der Waals surface area contributed by atoms with Gasteiger partial charge in [-0.2, -0.15) is 0 Å². The van der Waals surface area contributed by atoms with Gasteiger partial charge in [-0.15, -0.1) is 0 Å². The normalized spacial score (nSPS) is 13.5. The molecular formula is C12H16O. The van der Waals surface area contributed by atoms with Crippen LogP contribution in [0.3, 0.4) is 0 Å². The van der Waals surface area contributed by atoms with Crippen molar-refractivity contribution in [3.8, 4) is 0 Å². The molecule has 1 atom stereocenters. The molecule has 0 fully saturated rings. The number of hydrogen-bond acceptors (Lipinski definition) is 1. The Kier molecular flexibility index (Phi) is 3.71. The van der Waals surface area contributed by atoms with Crippen LogP contribution in [0.4, 0.5) is 0 Å². The average Bonchev–Trinajstić information content (AvgIpc) is 2.15. The maximum atomic E-state index is 9.78. The van der Waals surface area contributed by atoms with Gasteiger partial charge < -0.3 is 5.11 Å². The molecule has 1 heteroatoms. The molecule has 1 unspecified atom stereocenters. The first-order valence-corrected chi connectivity index (χ1v) is 4.60. The molecule has 0 spiro atoms. The van der Waals surface area contributed by atoms with Crippen molar-refractivity contribution in [1.29, 1.82) is 0 Å². The molecule has 0 bridgehead atoms. The molecule has 1 aromatic rings. The molecule has 0 aromatic heterocycles. The van der Waals surface area contributed by atoms with Crippen LogP contribution in [0.15, 0.2) is 36.4 Å². The summed E-state index contributed by atoms with van der Waals surface area (Å²) in [5.74, 6) is 0. The predicted molar refractivity (Wildman–Crippen MR) is 55.6 cm³/mol. The summed E-state index contributed by atoms with van der Waals surface area (Å²) in [6.07, 6.45) is 4.28. The lowest BCUT2D eigenvalue weighted by atomic mass is 10.0. The highest BCUT2D eigenvalue weighted by Gasteiger charge is 2.06. The molecule has 1 aromatic carbocycles. The molecule has 1 rings (SSSR count). The summed E-state index contributed by atoms with van der Waals surface area (Å²) in [5.41, 5.74) is 2.18. The fourth-order valence-corrected chi connectivity index (χ4v) is 1.35. The third-order valence-corrected chi connectivity index (χ3v) is 2.14. The number of rotatable bonds is 3. The quantitative estimate of drug-likeness (QED) is 0.702. The van der Waals surface area contributed by atoms with Gasteiger partial charge in [-0.1, -0.05) is 36.4 Å². The Morgan fingerprint density at radius 1 is 1.38 bits per heavy atom. The zero-order valence-electron chi connectivity index (χ0n) is 8.20. The van der Waals surface area contributed by atoms with Crippen molar-refractivity contribution in [1.82, 2.24) is 0 Å². The van der Waals surface area contributed by atoms with Gasteiger partial charge in [0.2, 0.25) is 0 Å². The summed E-state index contributed by atoms with van der Waals surface area (Å²) in [6.45, 7) is 3.98. The van der Waals surface area contributed by atoms with E-state index in [4.69, 9.17) is 0 Å².